The molecule has 1 N–H and O–H groups in total. The van der Waals surface area contributed by atoms with Crippen molar-refractivity contribution in [3.05, 3.63) is 42.1 Å². The second-order valence-corrected chi connectivity index (χ2v) is 6.08. The Kier molecular flexibility index (Phi) is 6.00. The van der Waals surface area contributed by atoms with Gasteiger partial charge < -0.3 is 5.11 Å². The lowest BCUT2D eigenvalue weighted by molar-refractivity contribution is 0.456. The molecule has 0 aliphatic carbocycles. The zero-order valence-corrected chi connectivity index (χ0v) is 14.0. The Morgan fingerprint density at radius 2 is 2.09 bits per heavy atom. The Morgan fingerprint density at radius 3 is 2.82 bits per heavy atom. The van der Waals surface area contributed by atoms with Crippen molar-refractivity contribution in [2.24, 2.45) is 5.92 Å². The molecule has 0 saturated heterocycles. The minimum atomic E-state index is 0.299. The molecule has 2 nitrogen and oxygen atoms in total. The summed E-state index contributed by atoms with van der Waals surface area (Å²) in [5, 5.41) is 11.5. The van der Waals surface area contributed by atoms with E-state index in [1.165, 1.54) is 25.7 Å². The monoisotopic (exact) mass is 297 g/mol. The fourth-order valence-electron chi connectivity index (χ4n) is 2.88. The number of phenols is 1. The van der Waals surface area contributed by atoms with Crippen LogP contribution in [0.1, 0.15) is 58.4 Å². The molecule has 0 saturated carbocycles. The van der Waals surface area contributed by atoms with Gasteiger partial charge in [0.05, 0.1) is 0 Å². The SMILES string of the molecule is CCCCC(CC)CC=C(C)c1ccc2cccnc2c1O. The molecule has 118 valence electrons. The van der Waals surface area contributed by atoms with Crippen molar-refractivity contribution in [2.45, 2.75) is 52.9 Å². The highest BCUT2D eigenvalue weighted by Gasteiger charge is 2.10. The van der Waals surface area contributed by atoms with Gasteiger partial charge in [0.2, 0.25) is 0 Å². The summed E-state index contributed by atoms with van der Waals surface area (Å²) in [6.07, 6.45) is 10.2. The topological polar surface area (TPSA) is 33.1 Å². The Bertz CT molecular complexity index is 645. The molecule has 22 heavy (non-hydrogen) atoms. The van der Waals surface area contributed by atoms with Crippen molar-refractivity contribution in [3.63, 3.8) is 0 Å². The summed E-state index contributed by atoms with van der Waals surface area (Å²) in [5.41, 5.74) is 2.72. The molecule has 0 fully saturated rings. The second kappa shape index (κ2) is 7.98. The molecule has 2 rings (SSSR count). The molecule has 1 heterocycles. The first-order valence-electron chi connectivity index (χ1n) is 8.41. The van der Waals surface area contributed by atoms with E-state index in [4.69, 9.17) is 0 Å². The summed E-state index contributed by atoms with van der Waals surface area (Å²) in [6, 6.07) is 7.90. The number of pyridine rings is 1. The summed E-state index contributed by atoms with van der Waals surface area (Å²) in [5.74, 6) is 1.05. The summed E-state index contributed by atoms with van der Waals surface area (Å²) >= 11 is 0. The van der Waals surface area contributed by atoms with Gasteiger partial charge in [-0.15, -0.1) is 0 Å². The number of nitrogens with zero attached hydrogens (tertiary/aromatic N) is 1. The minimum absolute atomic E-state index is 0.299. The number of aromatic nitrogens is 1. The van der Waals surface area contributed by atoms with Crippen molar-refractivity contribution in [1.82, 2.24) is 4.98 Å². The van der Waals surface area contributed by atoms with Crippen molar-refractivity contribution in [1.29, 1.82) is 0 Å². The normalized spacial score (nSPS) is 13.5. The van der Waals surface area contributed by atoms with E-state index in [-0.39, 0.29) is 0 Å². The van der Waals surface area contributed by atoms with Gasteiger partial charge in [-0.1, -0.05) is 63.8 Å². The highest BCUT2D eigenvalue weighted by atomic mass is 16.3. The highest BCUT2D eigenvalue weighted by molar-refractivity contribution is 5.89. The highest BCUT2D eigenvalue weighted by Crippen LogP contribution is 2.32. The third-order valence-electron chi connectivity index (χ3n) is 4.47. The van der Waals surface area contributed by atoms with Crippen molar-refractivity contribution < 1.29 is 5.11 Å². The number of hydrogen-bond acceptors (Lipinski definition) is 2. The Balaban J connectivity index is 2.19. The zero-order chi connectivity index (χ0) is 15.9. The van der Waals surface area contributed by atoms with Crippen LogP contribution in [0.25, 0.3) is 16.5 Å². The maximum Gasteiger partial charge on any atom is 0.149 e. The predicted molar refractivity (Wildman–Crippen MR) is 95.0 cm³/mol. The summed E-state index contributed by atoms with van der Waals surface area (Å²) in [4.78, 5) is 4.30. The molecular weight excluding hydrogens is 270 g/mol. The van der Waals surface area contributed by atoms with Crippen LogP contribution >= 0.6 is 0 Å². The molecule has 1 aromatic heterocycles. The van der Waals surface area contributed by atoms with Crippen molar-refractivity contribution >= 4 is 16.5 Å². The third-order valence-corrected chi connectivity index (χ3v) is 4.47. The third kappa shape index (κ3) is 3.88. The van der Waals surface area contributed by atoms with Crippen LogP contribution in [0.2, 0.25) is 0 Å². The van der Waals surface area contributed by atoms with Crippen LogP contribution in [0.5, 0.6) is 5.75 Å². The molecule has 0 bridgehead atoms. The lowest BCUT2D eigenvalue weighted by Gasteiger charge is -2.13. The van der Waals surface area contributed by atoms with E-state index in [2.05, 4.69) is 31.8 Å². The first-order valence-corrected chi connectivity index (χ1v) is 8.41. The van der Waals surface area contributed by atoms with Crippen LogP contribution in [0.4, 0.5) is 0 Å². The van der Waals surface area contributed by atoms with Gasteiger partial charge in [-0.05, 0) is 30.9 Å². The molecule has 1 aromatic carbocycles. The molecule has 0 aliphatic heterocycles. The smallest absolute Gasteiger partial charge is 0.149 e. The number of phenolic OH excluding ortho intramolecular Hbond substituents is 1. The number of benzene rings is 1. The van der Waals surface area contributed by atoms with Crippen LogP contribution in [0, 0.1) is 5.92 Å². The van der Waals surface area contributed by atoms with Gasteiger partial charge >= 0.3 is 0 Å². The van der Waals surface area contributed by atoms with Gasteiger partial charge in [0.25, 0.3) is 0 Å². The number of unbranched alkanes of at least 4 members (excludes halogenated alkanes) is 1. The van der Waals surface area contributed by atoms with Gasteiger partial charge in [0, 0.05) is 17.1 Å². The van der Waals surface area contributed by atoms with E-state index in [9.17, 15) is 5.11 Å². The first-order chi connectivity index (χ1) is 10.7. The first kappa shape index (κ1) is 16.5. The Hall–Kier alpha value is -1.83. The number of hydrogen-bond donors (Lipinski definition) is 1. The van der Waals surface area contributed by atoms with E-state index in [1.54, 1.807) is 6.20 Å². The molecule has 0 spiro atoms. The van der Waals surface area contributed by atoms with E-state index in [1.807, 2.05) is 24.3 Å². The average molecular weight is 297 g/mol. The Morgan fingerprint density at radius 1 is 1.27 bits per heavy atom. The second-order valence-electron chi connectivity index (χ2n) is 6.08. The molecular formula is C20H27NO. The maximum absolute atomic E-state index is 10.5. The number of fused-ring (bicyclic) bond motifs is 1. The quantitative estimate of drug-likeness (QED) is 0.685. The van der Waals surface area contributed by atoms with Gasteiger partial charge in [-0.2, -0.15) is 0 Å². The van der Waals surface area contributed by atoms with Gasteiger partial charge in [0.1, 0.15) is 11.3 Å². The fraction of sp³-hybridized carbons (Fsp3) is 0.450. The van der Waals surface area contributed by atoms with Crippen LogP contribution in [0.15, 0.2) is 36.5 Å². The average Bonchev–Trinajstić information content (AvgIpc) is 2.55. The maximum atomic E-state index is 10.5. The molecule has 2 heteroatoms. The van der Waals surface area contributed by atoms with Crippen LogP contribution in [-0.4, -0.2) is 10.1 Å². The summed E-state index contributed by atoms with van der Waals surface area (Å²) in [7, 11) is 0. The minimum Gasteiger partial charge on any atom is -0.505 e. The van der Waals surface area contributed by atoms with Crippen LogP contribution < -0.4 is 0 Å². The van der Waals surface area contributed by atoms with E-state index in [0.717, 1.165) is 28.9 Å². The van der Waals surface area contributed by atoms with Crippen LogP contribution in [0.3, 0.4) is 0 Å². The van der Waals surface area contributed by atoms with Gasteiger partial charge in [0.15, 0.2) is 0 Å². The molecule has 1 unspecified atom stereocenters. The standard InChI is InChI=1S/C20H27NO/c1-4-6-8-16(5-2)11-10-15(3)18-13-12-17-9-7-14-21-19(17)20(18)22/h7,9-10,12-14,16,22H,4-6,8,11H2,1-3H3. The summed E-state index contributed by atoms with van der Waals surface area (Å²) < 4.78 is 0. The number of rotatable bonds is 7. The zero-order valence-electron chi connectivity index (χ0n) is 14.0. The Labute approximate surface area is 133 Å². The van der Waals surface area contributed by atoms with E-state index in [0.29, 0.717) is 11.3 Å². The molecule has 0 amide bonds. The van der Waals surface area contributed by atoms with E-state index < -0.39 is 0 Å². The molecule has 0 radical (unpaired) electrons. The van der Waals surface area contributed by atoms with Gasteiger partial charge in [-0.25, -0.2) is 0 Å². The van der Waals surface area contributed by atoms with Crippen LogP contribution in [-0.2, 0) is 0 Å². The lowest BCUT2D eigenvalue weighted by Crippen LogP contribution is -1.97. The van der Waals surface area contributed by atoms with E-state index >= 15 is 0 Å². The number of allylic oxidation sites excluding steroid dienone is 2. The number of aromatic hydroxyl groups is 1. The predicted octanol–water partition coefficient (Wildman–Crippen LogP) is 5.95. The van der Waals surface area contributed by atoms with Crippen molar-refractivity contribution in [3.8, 4) is 5.75 Å². The van der Waals surface area contributed by atoms with Gasteiger partial charge in [-0.3, -0.25) is 4.98 Å². The fourth-order valence-corrected chi connectivity index (χ4v) is 2.88. The lowest BCUT2D eigenvalue weighted by atomic mass is 9.93. The molecule has 1 atom stereocenters. The molecule has 0 aliphatic rings. The largest absolute Gasteiger partial charge is 0.505 e. The van der Waals surface area contributed by atoms with Crippen molar-refractivity contribution in [2.75, 3.05) is 0 Å². The summed E-state index contributed by atoms with van der Waals surface area (Å²) in [6.45, 7) is 6.59. The molecule has 2 aromatic rings.